The third kappa shape index (κ3) is 5.46. The maximum absolute atomic E-state index is 5.24. The Bertz CT molecular complexity index is 459. The van der Waals surface area contributed by atoms with E-state index in [1.165, 1.54) is 0 Å². The van der Waals surface area contributed by atoms with Crippen LogP contribution in [0.1, 0.15) is 13.8 Å². The van der Waals surface area contributed by atoms with Crippen LogP contribution in [0.5, 0.6) is 0 Å². The van der Waals surface area contributed by atoms with Crippen LogP contribution in [0.3, 0.4) is 0 Å². The summed E-state index contributed by atoms with van der Waals surface area (Å²) in [6.45, 7) is 3.95. The van der Waals surface area contributed by atoms with Crippen molar-refractivity contribution in [1.29, 1.82) is 0 Å². The predicted octanol–water partition coefficient (Wildman–Crippen LogP) is 4.01. The molecule has 0 bridgehead atoms. The molecule has 0 aliphatic rings. The van der Waals surface area contributed by atoms with E-state index in [0.29, 0.717) is 5.11 Å². The predicted molar refractivity (Wildman–Crippen MR) is 83.5 cm³/mol. The fourth-order valence-corrected chi connectivity index (χ4v) is 1.53. The molecule has 0 saturated carbocycles. The van der Waals surface area contributed by atoms with Gasteiger partial charge in [0.1, 0.15) is 0 Å². The van der Waals surface area contributed by atoms with Crippen molar-refractivity contribution >= 4 is 23.0 Å². The minimum atomic E-state index is 0.583. The van der Waals surface area contributed by atoms with Gasteiger partial charge in [-0.05, 0) is 44.3 Å². The Hall–Kier alpha value is -1.87. The molecule has 0 aromatic heterocycles. The van der Waals surface area contributed by atoms with Gasteiger partial charge < -0.3 is 10.6 Å². The standard InChI is InChI=1S/C15H18N2S/c1-3-5-7-10-13(4-2)16-15(18)17-14-11-8-6-9-12-14/h3-12H,1-2H3,(H2,16,17,18)/b5-3-,10-7-,13-4+. The van der Waals surface area contributed by atoms with Gasteiger partial charge in [0.25, 0.3) is 0 Å². The Balaban J connectivity index is 2.53. The van der Waals surface area contributed by atoms with Crippen molar-refractivity contribution in [2.45, 2.75) is 13.8 Å². The minimum Gasteiger partial charge on any atom is -0.333 e. The lowest BCUT2D eigenvalue weighted by atomic mass is 10.3. The van der Waals surface area contributed by atoms with Gasteiger partial charge >= 0.3 is 0 Å². The number of thiocarbonyl (C=S) groups is 1. The van der Waals surface area contributed by atoms with Crippen LogP contribution in [0.25, 0.3) is 0 Å². The normalized spacial score (nSPS) is 12.0. The number of allylic oxidation sites excluding steroid dienone is 5. The van der Waals surface area contributed by atoms with Crippen LogP contribution in [0.15, 0.2) is 66.4 Å². The molecule has 0 fully saturated rings. The second kappa shape index (κ2) is 8.25. The molecule has 0 radical (unpaired) electrons. The summed E-state index contributed by atoms with van der Waals surface area (Å²) in [6.07, 6.45) is 9.86. The van der Waals surface area contributed by atoms with Gasteiger partial charge in [0.15, 0.2) is 5.11 Å². The summed E-state index contributed by atoms with van der Waals surface area (Å²) < 4.78 is 0. The number of hydrogen-bond donors (Lipinski definition) is 2. The summed E-state index contributed by atoms with van der Waals surface area (Å²) >= 11 is 5.24. The number of hydrogen-bond acceptors (Lipinski definition) is 1. The third-order valence-electron chi connectivity index (χ3n) is 2.18. The van der Waals surface area contributed by atoms with Gasteiger partial charge in [0, 0.05) is 11.4 Å². The first-order valence-corrected chi connectivity index (χ1v) is 6.26. The zero-order chi connectivity index (χ0) is 13.2. The summed E-state index contributed by atoms with van der Waals surface area (Å²) in [4.78, 5) is 0. The minimum absolute atomic E-state index is 0.583. The quantitative estimate of drug-likeness (QED) is 0.630. The number of para-hydroxylation sites is 1. The maximum Gasteiger partial charge on any atom is 0.175 e. The molecule has 18 heavy (non-hydrogen) atoms. The van der Waals surface area contributed by atoms with Gasteiger partial charge in [-0.1, -0.05) is 42.5 Å². The van der Waals surface area contributed by atoms with Gasteiger partial charge in [0.2, 0.25) is 0 Å². The van der Waals surface area contributed by atoms with E-state index in [1.54, 1.807) is 0 Å². The second-order valence-electron chi connectivity index (χ2n) is 3.57. The fourth-order valence-electron chi connectivity index (χ4n) is 1.30. The molecule has 0 aliphatic carbocycles. The van der Waals surface area contributed by atoms with E-state index in [4.69, 9.17) is 12.2 Å². The first-order valence-electron chi connectivity index (χ1n) is 5.85. The number of rotatable bonds is 4. The Labute approximate surface area is 114 Å². The number of anilines is 1. The summed E-state index contributed by atoms with van der Waals surface area (Å²) in [5.74, 6) is 0. The van der Waals surface area contributed by atoms with Crippen molar-refractivity contribution in [1.82, 2.24) is 5.32 Å². The molecule has 94 valence electrons. The van der Waals surface area contributed by atoms with E-state index < -0.39 is 0 Å². The molecule has 2 nitrogen and oxygen atoms in total. The molecular formula is C15H18N2S. The average Bonchev–Trinajstić information content (AvgIpc) is 2.39. The van der Waals surface area contributed by atoms with Crippen LogP contribution in [-0.2, 0) is 0 Å². The van der Waals surface area contributed by atoms with E-state index in [9.17, 15) is 0 Å². The van der Waals surface area contributed by atoms with E-state index >= 15 is 0 Å². The third-order valence-corrected chi connectivity index (χ3v) is 2.38. The molecule has 1 rings (SSSR count). The number of nitrogens with one attached hydrogen (secondary N) is 2. The molecule has 0 atom stereocenters. The van der Waals surface area contributed by atoms with Gasteiger partial charge in [-0.3, -0.25) is 0 Å². The van der Waals surface area contributed by atoms with E-state index in [-0.39, 0.29) is 0 Å². The average molecular weight is 258 g/mol. The molecule has 3 heteroatoms. The van der Waals surface area contributed by atoms with Crippen molar-refractivity contribution < 1.29 is 0 Å². The SMILES string of the molecule is C\C=C/C=C\C(=C/C)NC(=S)Nc1ccccc1. The molecule has 0 amide bonds. The first kappa shape index (κ1) is 14.2. The molecule has 0 heterocycles. The van der Waals surface area contributed by atoms with E-state index in [2.05, 4.69) is 10.6 Å². The van der Waals surface area contributed by atoms with Crippen molar-refractivity contribution in [3.8, 4) is 0 Å². The monoisotopic (exact) mass is 258 g/mol. The fraction of sp³-hybridized carbons (Fsp3) is 0.133. The molecule has 1 aromatic carbocycles. The van der Waals surface area contributed by atoms with Crippen LogP contribution >= 0.6 is 12.2 Å². The highest BCUT2D eigenvalue weighted by molar-refractivity contribution is 7.80. The highest BCUT2D eigenvalue weighted by Crippen LogP contribution is 2.05. The lowest BCUT2D eigenvalue weighted by Crippen LogP contribution is -2.27. The molecular weight excluding hydrogens is 240 g/mol. The molecule has 0 aliphatic heterocycles. The van der Waals surface area contributed by atoms with Crippen molar-refractivity contribution in [2.24, 2.45) is 0 Å². The highest BCUT2D eigenvalue weighted by atomic mass is 32.1. The van der Waals surface area contributed by atoms with Crippen LogP contribution in [-0.4, -0.2) is 5.11 Å². The van der Waals surface area contributed by atoms with Crippen LogP contribution in [0.2, 0.25) is 0 Å². The van der Waals surface area contributed by atoms with Crippen molar-refractivity contribution in [2.75, 3.05) is 5.32 Å². The molecule has 1 aromatic rings. The topological polar surface area (TPSA) is 24.1 Å². The molecule has 0 spiro atoms. The van der Waals surface area contributed by atoms with Crippen LogP contribution < -0.4 is 10.6 Å². The molecule has 0 unspecified atom stereocenters. The Morgan fingerprint density at radius 2 is 1.83 bits per heavy atom. The molecule has 2 N–H and O–H groups in total. The van der Waals surface area contributed by atoms with E-state index in [1.807, 2.05) is 74.6 Å². The summed E-state index contributed by atoms with van der Waals surface area (Å²) in [7, 11) is 0. The van der Waals surface area contributed by atoms with Gasteiger partial charge in [-0.2, -0.15) is 0 Å². The smallest absolute Gasteiger partial charge is 0.175 e. The van der Waals surface area contributed by atoms with Gasteiger partial charge in [0.05, 0.1) is 0 Å². The maximum atomic E-state index is 5.24. The Morgan fingerprint density at radius 1 is 1.11 bits per heavy atom. The van der Waals surface area contributed by atoms with Crippen LogP contribution in [0, 0.1) is 0 Å². The highest BCUT2D eigenvalue weighted by Gasteiger charge is 1.97. The van der Waals surface area contributed by atoms with Gasteiger partial charge in [-0.15, -0.1) is 0 Å². The first-order chi connectivity index (χ1) is 8.76. The van der Waals surface area contributed by atoms with Crippen molar-refractivity contribution in [3.63, 3.8) is 0 Å². The Morgan fingerprint density at radius 3 is 2.44 bits per heavy atom. The zero-order valence-electron chi connectivity index (χ0n) is 10.7. The van der Waals surface area contributed by atoms with Crippen LogP contribution in [0.4, 0.5) is 5.69 Å². The van der Waals surface area contributed by atoms with E-state index in [0.717, 1.165) is 11.4 Å². The lowest BCUT2D eigenvalue weighted by Gasteiger charge is -2.10. The second-order valence-corrected chi connectivity index (χ2v) is 3.98. The lowest BCUT2D eigenvalue weighted by molar-refractivity contribution is 1.18. The summed E-state index contributed by atoms with van der Waals surface area (Å²) in [5.41, 5.74) is 1.93. The zero-order valence-corrected chi connectivity index (χ0v) is 11.5. The Kier molecular flexibility index (Phi) is 6.51. The summed E-state index contributed by atoms with van der Waals surface area (Å²) in [6, 6.07) is 9.84. The largest absolute Gasteiger partial charge is 0.333 e. The molecule has 0 saturated heterocycles. The van der Waals surface area contributed by atoms with Crippen molar-refractivity contribution in [3.05, 3.63) is 66.4 Å². The van der Waals surface area contributed by atoms with Gasteiger partial charge in [-0.25, -0.2) is 0 Å². The number of benzene rings is 1. The summed E-state index contributed by atoms with van der Waals surface area (Å²) in [5, 5.41) is 6.84.